The summed E-state index contributed by atoms with van der Waals surface area (Å²) in [6, 6.07) is 6.02. The number of rotatable bonds is 2. The molecule has 1 fully saturated rings. The molecule has 4 nitrogen and oxygen atoms in total. The van der Waals surface area contributed by atoms with E-state index >= 15 is 0 Å². The van der Waals surface area contributed by atoms with Gasteiger partial charge in [0.2, 0.25) is 5.91 Å². The number of piperidine rings is 1. The van der Waals surface area contributed by atoms with E-state index in [4.69, 9.17) is 4.74 Å². The maximum atomic E-state index is 12.2. The van der Waals surface area contributed by atoms with Crippen molar-refractivity contribution in [2.45, 2.75) is 31.8 Å². The fourth-order valence-corrected chi connectivity index (χ4v) is 2.75. The fourth-order valence-electron chi connectivity index (χ4n) is 2.75. The molecule has 0 bridgehead atoms. The molecular weight excluding hydrogens is 242 g/mol. The normalized spacial score (nSPS) is 19.1. The second kappa shape index (κ2) is 5.21. The van der Waals surface area contributed by atoms with Crippen LogP contribution in [0, 0.1) is 0 Å². The molecule has 1 aromatic carbocycles. The Labute approximate surface area is 113 Å². The first-order valence-electron chi connectivity index (χ1n) is 6.93. The van der Waals surface area contributed by atoms with Crippen molar-refractivity contribution in [1.29, 1.82) is 0 Å². The van der Waals surface area contributed by atoms with Gasteiger partial charge in [-0.2, -0.15) is 0 Å². The van der Waals surface area contributed by atoms with Crippen LogP contribution in [0.2, 0.25) is 0 Å². The molecule has 0 aromatic heterocycles. The highest BCUT2D eigenvalue weighted by Crippen LogP contribution is 2.26. The van der Waals surface area contributed by atoms with Gasteiger partial charge in [0.25, 0.3) is 0 Å². The zero-order valence-electron chi connectivity index (χ0n) is 11.0. The standard InChI is InChI=1S/C15H19NO3/c17-13-3-6-16(7-4-13)15(18)10-11-1-2-14-12(9-11)5-8-19-14/h1-2,9,13,17H,3-8,10H2. The highest BCUT2D eigenvalue weighted by Gasteiger charge is 2.21. The largest absolute Gasteiger partial charge is 0.493 e. The molecule has 4 heteroatoms. The highest BCUT2D eigenvalue weighted by atomic mass is 16.5. The van der Waals surface area contributed by atoms with Crippen LogP contribution in [-0.4, -0.2) is 41.7 Å². The van der Waals surface area contributed by atoms with Crippen molar-refractivity contribution >= 4 is 5.91 Å². The van der Waals surface area contributed by atoms with Gasteiger partial charge in [0.15, 0.2) is 0 Å². The van der Waals surface area contributed by atoms with E-state index in [1.54, 1.807) is 0 Å². The summed E-state index contributed by atoms with van der Waals surface area (Å²) in [5.41, 5.74) is 2.26. The minimum Gasteiger partial charge on any atom is -0.493 e. The van der Waals surface area contributed by atoms with Gasteiger partial charge in [0, 0.05) is 19.5 Å². The van der Waals surface area contributed by atoms with Gasteiger partial charge in [-0.3, -0.25) is 4.79 Å². The average molecular weight is 261 g/mol. The molecule has 1 amide bonds. The summed E-state index contributed by atoms with van der Waals surface area (Å²) in [7, 11) is 0. The lowest BCUT2D eigenvalue weighted by molar-refractivity contribution is -0.132. The van der Waals surface area contributed by atoms with Gasteiger partial charge in [-0.25, -0.2) is 0 Å². The molecule has 102 valence electrons. The lowest BCUT2D eigenvalue weighted by Gasteiger charge is -2.29. The van der Waals surface area contributed by atoms with Crippen LogP contribution in [0.15, 0.2) is 18.2 Å². The molecule has 0 spiro atoms. The van der Waals surface area contributed by atoms with E-state index in [1.165, 1.54) is 5.56 Å². The number of aliphatic hydroxyl groups is 1. The third-order valence-corrected chi connectivity index (χ3v) is 3.93. The first-order valence-corrected chi connectivity index (χ1v) is 6.93. The second-order valence-corrected chi connectivity index (χ2v) is 5.33. The van der Waals surface area contributed by atoms with Crippen LogP contribution in [0.4, 0.5) is 0 Å². The quantitative estimate of drug-likeness (QED) is 0.868. The number of carbonyl (C=O) groups is 1. The Morgan fingerprint density at radius 2 is 2.16 bits per heavy atom. The van der Waals surface area contributed by atoms with Gasteiger partial charge >= 0.3 is 0 Å². The van der Waals surface area contributed by atoms with Crippen molar-refractivity contribution in [2.75, 3.05) is 19.7 Å². The summed E-state index contributed by atoms with van der Waals surface area (Å²) >= 11 is 0. The third kappa shape index (κ3) is 2.73. The van der Waals surface area contributed by atoms with E-state index in [0.717, 1.165) is 24.3 Å². The van der Waals surface area contributed by atoms with Crippen LogP contribution in [0.1, 0.15) is 24.0 Å². The van der Waals surface area contributed by atoms with E-state index < -0.39 is 0 Å². The Hall–Kier alpha value is -1.55. The summed E-state index contributed by atoms with van der Waals surface area (Å²) in [6.45, 7) is 2.10. The summed E-state index contributed by atoms with van der Waals surface area (Å²) in [5, 5.41) is 9.45. The van der Waals surface area contributed by atoms with Gasteiger partial charge in [0.1, 0.15) is 5.75 Å². The van der Waals surface area contributed by atoms with Crippen LogP contribution >= 0.6 is 0 Å². The number of aliphatic hydroxyl groups excluding tert-OH is 1. The van der Waals surface area contributed by atoms with Crippen molar-refractivity contribution in [1.82, 2.24) is 4.90 Å². The maximum absolute atomic E-state index is 12.2. The summed E-state index contributed by atoms with van der Waals surface area (Å²) in [6.07, 6.45) is 2.55. The van der Waals surface area contributed by atoms with Crippen molar-refractivity contribution < 1.29 is 14.6 Å². The molecule has 2 heterocycles. The molecule has 0 aliphatic carbocycles. The smallest absolute Gasteiger partial charge is 0.226 e. The minimum atomic E-state index is -0.235. The number of ether oxygens (including phenoxy) is 1. The predicted octanol–water partition coefficient (Wildman–Crippen LogP) is 1.15. The Kier molecular flexibility index (Phi) is 3.42. The Balaban J connectivity index is 1.63. The molecule has 1 saturated heterocycles. The summed E-state index contributed by atoms with van der Waals surface area (Å²) < 4.78 is 5.46. The van der Waals surface area contributed by atoms with Crippen molar-refractivity contribution in [3.05, 3.63) is 29.3 Å². The molecule has 2 aliphatic rings. The number of hydrogen-bond donors (Lipinski definition) is 1. The van der Waals surface area contributed by atoms with Crippen LogP contribution in [0.3, 0.4) is 0 Å². The first-order chi connectivity index (χ1) is 9.22. The number of hydrogen-bond acceptors (Lipinski definition) is 3. The predicted molar refractivity (Wildman–Crippen MR) is 71.2 cm³/mol. The summed E-state index contributed by atoms with van der Waals surface area (Å²) in [5.74, 6) is 1.11. The molecule has 0 radical (unpaired) electrons. The van der Waals surface area contributed by atoms with Crippen molar-refractivity contribution in [2.24, 2.45) is 0 Å². The minimum absolute atomic E-state index is 0.158. The van der Waals surface area contributed by atoms with E-state index in [1.807, 2.05) is 17.0 Å². The Bertz CT molecular complexity index is 478. The maximum Gasteiger partial charge on any atom is 0.226 e. The molecule has 1 aromatic rings. The zero-order valence-corrected chi connectivity index (χ0v) is 11.0. The van der Waals surface area contributed by atoms with Crippen molar-refractivity contribution in [3.8, 4) is 5.75 Å². The molecule has 0 saturated carbocycles. The number of benzene rings is 1. The zero-order chi connectivity index (χ0) is 13.2. The molecule has 0 atom stereocenters. The van der Waals surface area contributed by atoms with E-state index in [9.17, 15) is 9.90 Å². The van der Waals surface area contributed by atoms with Gasteiger partial charge in [0.05, 0.1) is 19.1 Å². The number of fused-ring (bicyclic) bond motifs is 1. The van der Waals surface area contributed by atoms with E-state index in [0.29, 0.717) is 32.4 Å². The van der Waals surface area contributed by atoms with Crippen LogP contribution in [0.25, 0.3) is 0 Å². The topological polar surface area (TPSA) is 49.8 Å². The van der Waals surface area contributed by atoms with Crippen LogP contribution in [-0.2, 0) is 17.6 Å². The van der Waals surface area contributed by atoms with Gasteiger partial charge < -0.3 is 14.7 Å². The molecule has 2 aliphatic heterocycles. The van der Waals surface area contributed by atoms with Gasteiger partial charge in [-0.05, 0) is 30.0 Å². The Morgan fingerprint density at radius 1 is 1.37 bits per heavy atom. The van der Waals surface area contributed by atoms with E-state index in [-0.39, 0.29) is 12.0 Å². The average Bonchev–Trinajstić information content (AvgIpc) is 2.87. The van der Waals surface area contributed by atoms with Crippen LogP contribution in [0.5, 0.6) is 5.75 Å². The van der Waals surface area contributed by atoms with Gasteiger partial charge in [-0.1, -0.05) is 12.1 Å². The van der Waals surface area contributed by atoms with Gasteiger partial charge in [-0.15, -0.1) is 0 Å². The fraction of sp³-hybridized carbons (Fsp3) is 0.533. The number of amides is 1. The monoisotopic (exact) mass is 261 g/mol. The second-order valence-electron chi connectivity index (χ2n) is 5.33. The van der Waals surface area contributed by atoms with Crippen molar-refractivity contribution in [3.63, 3.8) is 0 Å². The first kappa shape index (κ1) is 12.5. The molecule has 3 rings (SSSR count). The Morgan fingerprint density at radius 3 is 2.95 bits per heavy atom. The van der Waals surface area contributed by atoms with E-state index in [2.05, 4.69) is 6.07 Å². The molecular formula is C15H19NO3. The van der Waals surface area contributed by atoms with Crippen LogP contribution < -0.4 is 4.74 Å². The highest BCUT2D eigenvalue weighted by molar-refractivity contribution is 5.79. The third-order valence-electron chi connectivity index (χ3n) is 3.93. The molecule has 0 unspecified atom stereocenters. The summed E-state index contributed by atoms with van der Waals surface area (Å²) in [4.78, 5) is 14.0. The number of likely N-dealkylation sites (tertiary alicyclic amines) is 1. The lowest BCUT2D eigenvalue weighted by atomic mass is 10.0. The lowest BCUT2D eigenvalue weighted by Crippen LogP contribution is -2.40. The SMILES string of the molecule is O=C(Cc1ccc2c(c1)CCO2)N1CCC(O)CC1. The molecule has 19 heavy (non-hydrogen) atoms. The molecule has 1 N–H and O–H groups in total. The number of carbonyl (C=O) groups excluding carboxylic acids is 1. The number of nitrogens with zero attached hydrogens (tertiary/aromatic N) is 1.